The van der Waals surface area contributed by atoms with Gasteiger partial charge in [-0.15, -0.1) is 0 Å². The molecule has 2 heterocycles. The molecule has 9 heteroatoms. The number of carbonyl (C=O) groups is 4. The van der Waals surface area contributed by atoms with Crippen LogP contribution in [-0.4, -0.2) is 74.3 Å². The van der Waals surface area contributed by atoms with Gasteiger partial charge in [-0.25, -0.2) is 0 Å². The van der Waals surface area contributed by atoms with Crippen LogP contribution in [0.15, 0.2) is 18.2 Å². The summed E-state index contributed by atoms with van der Waals surface area (Å²) in [6.45, 7) is 2.38. The van der Waals surface area contributed by atoms with Crippen LogP contribution in [0.4, 0.5) is 5.69 Å². The van der Waals surface area contributed by atoms with Gasteiger partial charge in [0.05, 0.1) is 18.3 Å². The second-order valence-electron chi connectivity index (χ2n) is 6.96. The number of nitrogens with two attached hydrogens (primary N) is 1. The molecule has 2 aliphatic heterocycles. The first-order valence-electron chi connectivity index (χ1n) is 9.21. The van der Waals surface area contributed by atoms with Gasteiger partial charge in [0, 0.05) is 44.4 Å². The van der Waals surface area contributed by atoms with Crippen LogP contribution in [0, 0.1) is 0 Å². The number of aldehydes is 1. The summed E-state index contributed by atoms with van der Waals surface area (Å²) in [6, 6.07) is 4.30. The van der Waals surface area contributed by atoms with Crippen molar-refractivity contribution < 1.29 is 23.9 Å². The first-order valence-corrected chi connectivity index (χ1v) is 9.21. The standard InChI is InChI=1S/C19H24N4O5/c1-22(16-4-5-17(25)21-18(16)26)19(27)15-3-2-13(8-12(15)11-24)23-9-14(10-23)28-7-6-20/h2-3,8,11,14,16H,4-7,9-10,20H2,1H3,(H,21,25,26). The highest BCUT2D eigenvalue weighted by Gasteiger charge is 2.33. The van der Waals surface area contributed by atoms with Gasteiger partial charge in [-0.1, -0.05) is 0 Å². The molecule has 2 aliphatic rings. The maximum absolute atomic E-state index is 12.8. The van der Waals surface area contributed by atoms with Gasteiger partial charge in [0.15, 0.2) is 6.29 Å². The number of nitrogens with zero attached hydrogens (tertiary/aromatic N) is 2. The first kappa shape index (κ1) is 20.0. The minimum Gasteiger partial charge on any atom is -0.373 e. The number of imide groups is 1. The molecule has 0 saturated carbocycles. The fraction of sp³-hybridized carbons (Fsp3) is 0.474. The third-order valence-electron chi connectivity index (χ3n) is 5.08. The van der Waals surface area contributed by atoms with Gasteiger partial charge in [-0.2, -0.15) is 0 Å². The highest BCUT2D eigenvalue weighted by Crippen LogP contribution is 2.26. The predicted molar refractivity (Wildman–Crippen MR) is 101 cm³/mol. The van der Waals surface area contributed by atoms with E-state index >= 15 is 0 Å². The Balaban J connectivity index is 1.70. The summed E-state index contributed by atoms with van der Waals surface area (Å²) in [7, 11) is 1.50. The van der Waals surface area contributed by atoms with Gasteiger partial charge in [-0.05, 0) is 24.6 Å². The average Bonchev–Trinajstić information content (AvgIpc) is 2.65. The van der Waals surface area contributed by atoms with E-state index in [1.807, 2.05) is 4.90 Å². The number of likely N-dealkylation sites (N-methyl/N-ethyl adjacent to an activating group) is 1. The summed E-state index contributed by atoms with van der Waals surface area (Å²) < 4.78 is 5.55. The van der Waals surface area contributed by atoms with Crippen molar-refractivity contribution in [3.63, 3.8) is 0 Å². The van der Waals surface area contributed by atoms with E-state index in [1.54, 1.807) is 18.2 Å². The first-order chi connectivity index (χ1) is 13.4. The van der Waals surface area contributed by atoms with E-state index in [9.17, 15) is 19.2 Å². The summed E-state index contributed by atoms with van der Waals surface area (Å²) in [5.41, 5.74) is 6.73. The number of carbonyl (C=O) groups excluding carboxylic acids is 4. The minimum absolute atomic E-state index is 0.114. The Morgan fingerprint density at radius 2 is 2.14 bits per heavy atom. The summed E-state index contributed by atoms with van der Waals surface area (Å²) in [4.78, 5) is 51.1. The maximum Gasteiger partial charge on any atom is 0.255 e. The molecule has 9 nitrogen and oxygen atoms in total. The molecule has 1 atom stereocenters. The van der Waals surface area contributed by atoms with E-state index in [-0.39, 0.29) is 36.0 Å². The monoisotopic (exact) mass is 388 g/mol. The van der Waals surface area contributed by atoms with Crippen molar-refractivity contribution in [1.82, 2.24) is 10.2 Å². The van der Waals surface area contributed by atoms with Crippen molar-refractivity contribution in [2.24, 2.45) is 5.73 Å². The zero-order valence-corrected chi connectivity index (χ0v) is 15.7. The van der Waals surface area contributed by atoms with Crippen LogP contribution in [-0.2, 0) is 14.3 Å². The van der Waals surface area contributed by atoms with Gasteiger partial charge in [-0.3, -0.25) is 24.5 Å². The topological polar surface area (TPSA) is 122 Å². The molecule has 3 amide bonds. The van der Waals surface area contributed by atoms with Crippen LogP contribution in [0.3, 0.4) is 0 Å². The Morgan fingerprint density at radius 3 is 2.79 bits per heavy atom. The second kappa shape index (κ2) is 8.49. The second-order valence-corrected chi connectivity index (χ2v) is 6.96. The third-order valence-corrected chi connectivity index (χ3v) is 5.08. The fourth-order valence-electron chi connectivity index (χ4n) is 3.41. The van der Waals surface area contributed by atoms with E-state index in [0.717, 1.165) is 5.69 Å². The summed E-state index contributed by atoms with van der Waals surface area (Å²) in [5, 5.41) is 2.24. The van der Waals surface area contributed by atoms with Crippen molar-refractivity contribution in [3.8, 4) is 0 Å². The summed E-state index contributed by atoms with van der Waals surface area (Å²) in [6.07, 6.45) is 1.19. The molecular weight excluding hydrogens is 364 g/mol. The molecule has 2 saturated heterocycles. The van der Waals surface area contributed by atoms with Crippen LogP contribution in [0.5, 0.6) is 0 Å². The summed E-state index contributed by atoms with van der Waals surface area (Å²) in [5.74, 6) is -1.28. The number of benzene rings is 1. The highest BCUT2D eigenvalue weighted by atomic mass is 16.5. The Bertz CT molecular complexity index is 791. The van der Waals surface area contributed by atoms with Gasteiger partial charge in [0.2, 0.25) is 11.8 Å². The van der Waals surface area contributed by atoms with E-state index in [2.05, 4.69) is 5.32 Å². The SMILES string of the molecule is CN(C(=O)c1ccc(N2CC(OCCN)C2)cc1C=O)C1CCC(=O)NC1=O. The molecule has 3 rings (SSSR count). The Kier molecular flexibility index (Phi) is 6.05. The lowest BCUT2D eigenvalue weighted by atomic mass is 10.0. The van der Waals surface area contributed by atoms with E-state index < -0.39 is 17.9 Å². The van der Waals surface area contributed by atoms with Crippen molar-refractivity contribution in [2.45, 2.75) is 25.0 Å². The van der Waals surface area contributed by atoms with Gasteiger partial charge < -0.3 is 20.3 Å². The average molecular weight is 388 g/mol. The highest BCUT2D eigenvalue weighted by molar-refractivity contribution is 6.06. The Morgan fingerprint density at radius 1 is 1.39 bits per heavy atom. The number of anilines is 1. The van der Waals surface area contributed by atoms with Crippen molar-refractivity contribution in [2.75, 3.05) is 38.2 Å². The van der Waals surface area contributed by atoms with Crippen LogP contribution < -0.4 is 16.0 Å². The van der Waals surface area contributed by atoms with Gasteiger partial charge >= 0.3 is 0 Å². The van der Waals surface area contributed by atoms with Crippen molar-refractivity contribution in [1.29, 1.82) is 0 Å². The lowest BCUT2D eigenvalue weighted by molar-refractivity contribution is -0.136. The van der Waals surface area contributed by atoms with Gasteiger partial charge in [0.25, 0.3) is 5.91 Å². The number of hydrogen-bond donors (Lipinski definition) is 2. The maximum atomic E-state index is 12.8. The van der Waals surface area contributed by atoms with E-state index in [0.29, 0.717) is 32.5 Å². The zero-order chi connectivity index (χ0) is 20.3. The smallest absolute Gasteiger partial charge is 0.255 e. The molecule has 0 bridgehead atoms. The number of ether oxygens (including phenoxy) is 1. The molecule has 28 heavy (non-hydrogen) atoms. The lowest BCUT2D eigenvalue weighted by Gasteiger charge is -2.40. The molecular formula is C19H24N4O5. The Labute approximate surface area is 162 Å². The summed E-state index contributed by atoms with van der Waals surface area (Å²) >= 11 is 0. The molecule has 1 unspecified atom stereocenters. The molecule has 1 aromatic carbocycles. The number of amides is 3. The van der Waals surface area contributed by atoms with Gasteiger partial charge in [0.1, 0.15) is 6.04 Å². The lowest BCUT2D eigenvalue weighted by Crippen LogP contribution is -2.53. The number of rotatable bonds is 7. The Hall–Kier alpha value is -2.78. The fourth-order valence-corrected chi connectivity index (χ4v) is 3.41. The van der Waals surface area contributed by atoms with Crippen LogP contribution in [0.1, 0.15) is 33.6 Å². The molecule has 0 spiro atoms. The minimum atomic E-state index is -0.736. The largest absolute Gasteiger partial charge is 0.373 e. The van der Waals surface area contributed by atoms with E-state index in [1.165, 1.54) is 11.9 Å². The quantitative estimate of drug-likeness (QED) is 0.479. The molecule has 3 N–H and O–H groups in total. The van der Waals surface area contributed by atoms with Crippen LogP contribution >= 0.6 is 0 Å². The number of hydrogen-bond acceptors (Lipinski definition) is 7. The molecule has 2 fully saturated rings. The molecule has 1 aromatic rings. The van der Waals surface area contributed by atoms with Crippen LogP contribution in [0.2, 0.25) is 0 Å². The third kappa shape index (κ3) is 4.05. The van der Waals surface area contributed by atoms with Crippen molar-refractivity contribution in [3.05, 3.63) is 29.3 Å². The predicted octanol–water partition coefficient (Wildman–Crippen LogP) is -0.460. The normalized spacial score (nSPS) is 19.8. The van der Waals surface area contributed by atoms with Crippen molar-refractivity contribution >= 4 is 29.7 Å². The zero-order valence-electron chi connectivity index (χ0n) is 15.7. The molecule has 0 aromatic heterocycles. The number of nitrogens with one attached hydrogen (secondary N) is 1. The molecule has 150 valence electrons. The van der Waals surface area contributed by atoms with Crippen LogP contribution in [0.25, 0.3) is 0 Å². The molecule has 0 radical (unpaired) electrons. The van der Waals surface area contributed by atoms with E-state index in [4.69, 9.17) is 10.5 Å². The molecule has 0 aliphatic carbocycles. The number of piperidine rings is 1.